The largest absolute Gasteiger partial charge is 0.480 e. The molecule has 15 heavy (non-hydrogen) atoms. The molecular formula is C9H7ClN2O2S. The van der Waals surface area contributed by atoms with Gasteiger partial charge >= 0.3 is 5.97 Å². The van der Waals surface area contributed by atoms with Gasteiger partial charge in [0.05, 0.1) is 5.02 Å². The standard InChI is InChI=1S/C9H7ClN2O2S/c10-5-2-1-3-11-7(5)8-12-6(4-15-8)9(13)14/h1-3,6H,4H2,(H,13,14). The number of aromatic nitrogens is 1. The van der Waals surface area contributed by atoms with E-state index in [2.05, 4.69) is 9.98 Å². The minimum absolute atomic E-state index is 0.442. The average Bonchev–Trinajstić information content (AvgIpc) is 2.67. The van der Waals surface area contributed by atoms with Crippen molar-refractivity contribution in [1.82, 2.24) is 4.98 Å². The molecule has 0 fully saturated rings. The maximum Gasteiger partial charge on any atom is 0.329 e. The summed E-state index contributed by atoms with van der Waals surface area (Å²) in [5.41, 5.74) is 0.563. The molecule has 78 valence electrons. The molecule has 2 heterocycles. The number of hydrogen-bond donors (Lipinski definition) is 1. The van der Waals surface area contributed by atoms with Crippen LogP contribution in [-0.2, 0) is 4.79 Å². The zero-order chi connectivity index (χ0) is 10.8. The van der Waals surface area contributed by atoms with Gasteiger partial charge in [-0.05, 0) is 12.1 Å². The SMILES string of the molecule is O=C(O)C1CSC(c2ncccc2Cl)=N1. The van der Waals surface area contributed by atoms with Crippen LogP contribution in [0.1, 0.15) is 5.69 Å². The summed E-state index contributed by atoms with van der Waals surface area (Å²) in [6, 6.07) is 2.75. The number of aliphatic imine (C=N–C) groups is 1. The van der Waals surface area contributed by atoms with Crippen LogP contribution >= 0.6 is 23.4 Å². The van der Waals surface area contributed by atoms with Crippen molar-refractivity contribution < 1.29 is 9.90 Å². The van der Waals surface area contributed by atoms with Gasteiger partial charge in [0.1, 0.15) is 10.7 Å². The van der Waals surface area contributed by atoms with E-state index in [0.717, 1.165) is 0 Å². The fourth-order valence-corrected chi connectivity index (χ4v) is 2.47. The molecule has 1 aromatic heterocycles. The zero-order valence-electron chi connectivity index (χ0n) is 7.55. The highest BCUT2D eigenvalue weighted by atomic mass is 35.5. The number of halogens is 1. The highest BCUT2D eigenvalue weighted by molar-refractivity contribution is 8.14. The van der Waals surface area contributed by atoms with Gasteiger partial charge in [0, 0.05) is 11.9 Å². The third-order valence-electron chi connectivity index (χ3n) is 1.90. The van der Waals surface area contributed by atoms with Crippen LogP contribution in [0.2, 0.25) is 5.02 Å². The maximum absolute atomic E-state index is 10.7. The van der Waals surface area contributed by atoms with Crippen LogP contribution in [0.5, 0.6) is 0 Å². The fraction of sp³-hybridized carbons (Fsp3) is 0.222. The van der Waals surface area contributed by atoms with Gasteiger partial charge in [-0.3, -0.25) is 9.98 Å². The number of hydrogen-bond acceptors (Lipinski definition) is 4. The second-order valence-electron chi connectivity index (χ2n) is 2.93. The second kappa shape index (κ2) is 4.20. The van der Waals surface area contributed by atoms with Crippen LogP contribution < -0.4 is 0 Å². The summed E-state index contributed by atoms with van der Waals surface area (Å²) in [6.07, 6.45) is 1.61. The van der Waals surface area contributed by atoms with Crippen LogP contribution in [0.3, 0.4) is 0 Å². The molecule has 0 aromatic carbocycles. The molecule has 0 aliphatic carbocycles. The molecule has 0 spiro atoms. The number of aliphatic carboxylic acids is 1. The van der Waals surface area contributed by atoms with E-state index in [1.807, 2.05) is 0 Å². The number of nitrogens with zero attached hydrogens (tertiary/aromatic N) is 2. The van der Waals surface area contributed by atoms with Gasteiger partial charge in [-0.1, -0.05) is 11.6 Å². The Labute approximate surface area is 95.4 Å². The molecule has 0 amide bonds. The second-order valence-corrected chi connectivity index (χ2v) is 4.35. The van der Waals surface area contributed by atoms with E-state index in [9.17, 15) is 4.79 Å². The molecular weight excluding hydrogens is 236 g/mol. The zero-order valence-corrected chi connectivity index (χ0v) is 9.13. The lowest BCUT2D eigenvalue weighted by atomic mass is 10.3. The van der Waals surface area contributed by atoms with E-state index >= 15 is 0 Å². The first-order valence-corrected chi connectivity index (χ1v) is 5.59. The van der Waals surface area contributed by atoms with Crippen molar-refractivity contribution in [3.63, 3.8) is 0 Å². The van der Waals surface area contributed by atoms with Gasteiger partial charge in [-0.25, -0.2) is 4.79 Å². The molecule has 0 radical (unpaired) electrons. The molecule has 1 N–H and O–H groups in total. The normalized spacial score (nSPS) is 20.1. The van der Waals surface area contributed by atoms with Crippen LogP contribution in [0.25, 0.3) is 0 Å². The van der Waals surface area contributed by atoms with E-state index in [1.54, 1.807) is 18.3 Å². The lowest BCUT2D eigenvalue weighted by molar-refractivity contribution is -0.137. The van der Waals surface area contributed by atoms with E-state index in [0.29, 0.717) is 21.5 Å². The van der Waals surface area contributed by atoms with Crippen molar-refractivity contribution in [3.8, 4) is 0 Å². The predicted octanol–water partition coefficient (Wildman–Crippen LogP) is 1.68. The Morgan fingerprint density at radius 1 is 1.67 bits per heavy atom. The molecule has 0 saturated carbocycles. The van der Waals surface area contributed by atoms with Gasteiger partial charge in [-0.15, -0.1) is 11.8 Å². The number of thioether (sulfide) groups is 1. The molecule has 2 rings (SSSR count). The Hall–Kier alpha value is -1.07. The molecule has 1 aliphatic heterocycles. The lowest BCUT2D eigenvalue weighted by Gasteiger charge is -1.99. The molecule has 0 saturated heterocycles. The third kappa shape index (κ3) is 2.13. The first-order chi connectivity index (χ1) is 7.18. The highest BCUT2D eigenvalue weighted by Gasteiger charge is 2.26. The highest BCUT2D eigenvalue weighted by Crippen LogP contribution is 2.26. The van der Waals surface area contributed by atoms with Crippen molar-refractivity contribution in [2.24, 2.45) is 4.99 Å². The Morgan fingerprint density at radius 2 is 2.47 bits per heavy atom. The van der Waals surface area contributed by atoms with Crippen LogP contribution in [0, 0.1) is 0 Å². The van der Waals surface area contributed by atoms with Crippen molar-refractivity contribution >= 4 is 34.4 Å². The minimum Gasteiger partial charge on any atom is -0.480 e. The Bertz CT molecular complexity index is 436. The van der Waals surface area contributed by atoms with Crippen molar-refractivity contribution in [2.45, 2.75) is 6.04 Å². The number of rotatable bonds is 2. The van der Waals surface area contributed by atoms with E-state index in [-0.39, 0.29) is 0 Å². The van der Waals surface area contributed by atoms with Gasteiger partial charge in [-0.2, -0.15) is 0 Å². The quantitative estimate of drug-likeness (QED) is 0.857. The maximum atomic E-state index is 10.7. The smallest absolute Gasteiger partial charge is 0.329 e. The predicted molar refractivity (Wildman–Crippen MR) is 59.7 cm³/mol. The van der Waals surface area contributed by atoms with Crippen molar-refractivity contribution in [1.29, 1.82) is 0 Å². The molecule has 1 unspecified atom stereocenters. The van der Waals surface area contributed by atoms with E-state index in [4.69, 9.17) is 16.7 Å². The summed E-state index contributed by atoms with van der Waals surface area (Å²) < 4.78 is 0. The molecule has 1 aromatic rings. The van der Waals surface area contributed by atoms with Crippen LogP contribution in [0.15, 0.2) is 23.3 Å². The van der Waals surface area contributed by atoms with Crippen molar-refractivity contribution in [3.05, 3.63) is 29.0 Å². The molecule has 1 aliphatic rings. The number of carboxylic acids is 1. The van der Waals surface area contributed by atoms with Gasteiger partial charge in [0.15, 0.2) is 6.04 Å². The van der Waals surface area contributed by atoms with Crippen LogP contribution in [0.4, 0.5) is 0 Å². The first-order valence-electron chi connectivity index (χ1n) is 4.23. The van der Waals surface area contributed by atoms with Gasteiger partial charge in [0.25, 0.3) is 0 Å². The summed E-state index contributed by atoms with van der Waals surface area (Å²) >= 11 is 7.30. The first kappa shape index (κ1) is 10.4. The number of carbonyl (C=O) groups is 1. The van der Waals surface area contributed by atoms with Gasteiger partial charge < -0.3 is 5.11 Å². The Morgan fingerprint density at radius 3 is 3.07 bits per heavy atom. The lowest BCUT2D eigenvalue weighted by Crippen LogP contribution is -2.17. The fourth-order valence-electron chi connectivity index (χ4n) is 1.17. The molecule has 1 atom stereocenters. The Kier molecular flexibility index (Phi) is 2.93. The average molecular weight is 243 g/mol. The summed E-state index contributed by atoms with van der Waals surface area (Å²) in [5, 5.41) is 9.87. The van der Waals surface area contributed by atoms with Gasteiger partial charge in [0.2, 0.25) is 0 Å². The number of carboxylic acid groups (broad SMARTS) is 1. The summed E-state index contributed by atoms with van der Waals surface area (Å²) in [6.45, 7) is 0. The van der Waals surface area contributed by atoms with E-state index in [1.165, 1.54) is 11.8 Å². The summed E-state index contributed by atoms with van der Waals surface area (Å²) in [4.78, 5) is 18.8. The van der Waals surface area contributed by atoms with Crippen LogP contribution in [-0.4, -0.2) is 32.9 Å². The minimum atomic E-state index is -0.912. The Balaban J connectivity index is 2.30. The summed E-state index contributed by atoms with van der Waals surface area (Å²) in [7, 11) is 0. The molecule has 0 bridgehead atoms. The molecule has 6 heteroatoms. The monoisotopic (exact) mass is 242 g/mol. The molecule has 4 nitrogen and oxygen atoms in total. The van der Waals surface area contributed by atoms with E-state index < -0.39 is 12.0 Å². The summed E-state index contributed by atoms with van der Waals surface area (Å²) in [5.74, 6) is -0.470. The number of pyridine rings is 1. The topological polar surface area (TPSA) is 62.5 Å². The van der Waals surface area contributed by atoms with Crippen molar-refractivity contribution in [2.75, 3.05) is 5.75 Å². The third-order valence-corrected chi connectivity index (χ3v) is 3.26.